The Morgan fingerprint density at radius 1 is 1.16 bits per heavy atom. The van der Waals surface area contributed by atoms with Crippen LogP contribution in [-0.4, -0.2) is 62.7 Å². The number of carbonyl (C=O) groups is 2. The predicted molar refractivity (Wildman–Crippen MR) is 132 cm³/mol. The van der Waals surface area contributed by atoms with Crippen molar-refractivity contribution in [3.8, 4) is 0 Å². The predicted octanol–water partition coefficient (Wildman–Crippen LogP) is 4.02. The van der Waals surface area contributed by atoms with E-state index in [0.717, 1.165) is 22.7 Å². The average molecular weight is 533 g/mol. The van der Waals surface area contributed by atoms with E-state index in [2.05, 4.69) is 4.98 Å². The molecule has 4 heterocycles. The first-order chi connectivity index (χ1) is 17.8. The number of nitrogens with zero attached hydrogens (tertiary/aromatic N) is 4. The van der Waals surface area contributed by atoms with Gasteiger partial charge in [0.25, 0.3) is 5.91 Å². The first kappa shape index (κ1) is 25.6. The van der Waals surface area contributed by atoms with Crippen molar-refractivity contribution in [2.45, 2.75) is 38.8 Å². The number of carbonyl (C=O) groups excluding carboxylic acids is 1. The van der Waals surface area contributed by atoms with Gasteiger partial charge in [-0.2, -0.15) is 5.06 Å². The van der Waals surface area contributed by atoms with E-state index in [-0.39, 0.29) is 37.0 Å². The molecule has 5 rings (SSSR count). The monoisotopic (exact) mass is 532 g/mol. The molecule has 0 unspecified atom stereocenters. The topological polar surface area (TPSA) is 87.9 Å². The normalized spacial score (nSPS) is 16.8. The zero-order valence-corrected chi connectivity index (χ0v) is 20.9. The van der Waals surface area contributed by atoms with Crippen LogP contribution in [0.3, 0.4) is 0 Å². The van der Waals surface area contributed by atoms with Crippen molar-refractivity contribution in [2.24, 2.45) is 5.92 Å². The molecule has 2 aliphatic heterocycles. The summed E-state index contributed by atoms with van der Waals surface area (Å²) in [6.45, 7) is 1.98. The van der Waals surface area contributed by atoms with E-state index in [1.165, 1.54) is 6.07 Å². The lowest BCUT2D eigenvalue weighted by Gasteiger charge is -2.32. The summed E-state index contributed by atoms with van der Waals surface area (Å²) in [7, 11) is 0. The van der Waals surface area contributed by atoms with Crippen LogP contribution < -0.4 is 0 Å². The molecule has 8 nitrogen and oxygen atoms in total. The van der Waals surface area contributed by atoms with Crippen LogP contribution in [0.4, 0.5) is 8.78 Å². The Morgan fingerprint density at radius 3 is 2.70 bits per heavy atom. The Labute approximate surface area is 217 Å². The molecule has 0 aliphatic carbocycles. The number of rotatable bonds is 7. The number of fused-ring (bicyclic) bond motifs is 3. The first-order valence-corrected chi connectivity index (χ1v) is 12.6. The van der Waals surface area contributed by atoms with Gasteiger partial charge in [0.05, 0.1) is 13.1 Å². The number of hydrogen-bond acceptors (Lipinski definition) is 5. The molecule has 1 saturated heterocycles. The third-order valence-electron chi connectivity index (χ3n) is 7.22. The van der Waals surface area contributed by atoms with Crippen LogP contribution in [0, 0.1) is 17.6 Å². The quantitative estimate of drug-likeness (QED) is 0.462. The lowest BCUT2D eigenvalue weighted by atomic mass is 9.95. The Balaban J connectivity index is 1.30. The highest BCUT2D eigenvalue weighted by atomic mass is 35.5. The number of pyridine rings is 1. The zero-order chi connectivity index (χ0) is 26.1. The highest BCUT2D eigenvalue weighted by Gasteiger charge is 2.29. The molecule has 2 aliphatic rings. The summed E-state index contributed by atoms with van der Waals surface area (Å²) in [4.78, 5) is 35.9. The van der Waals surface area contributed by atoms with Crippen molar-refractivity contribution >= 4 is 34.5 Å². The molecule has 0 bridgehead atoms. The van der Waals surface area contributed by atoms with Gasteiger partial charge in [0.2, 0.25) is 0 Å². The van der Waals surface area contributed by atoms with Crippen molar-refractivity contribution < 1.29 is 28.3 Å². The molecule has 0 spiro atoms. The van der Waals surface area contributed by atoms with E-state index < -0.39 is 22.6 Å². The number of carboxylic acid groups (broad SMARTS) is 1. The summed E-state index contributed by atoms with van der Waals surface area (Å²) >= 11 is 5.81. The van der Waals surface area contributed by atoms with Gasteiger partial charge in [-0.1, -0.05) is 17.7 Å². The number of amides is 1. The van der Waals surface area contributed by atoms with Gasteiger partial charge in [0.15, 0.2) is 0 Å². The van der Waals surface area contributed by atoms with E-state index in [4.69, 9.17) is 21.5 Å². The minimum atomic E-state index is -0.816. The molecule has 1 N–H and O–H groups in total. The molecule has 1 fully saturated rings. The van der Waals surface area contributed by atoms with Crippen LogP contribution in [0.1, 0.15) is 36.1 Å². The molecule has 0 atom stereocenters. The lowest BCUT2D eigenvalue weighted by molar-refractivity contribution is -0.186. The average Bonchev–Trinajstić information content (AvgIpc) is 3.21. The minimum Gasteiger partial charge on any atom is -0.481 e. The smallest absolute Gasteiger partial charge is 0.303 e. The molecule has 0 saturated carbocycles. The van der Waals surface area contributed by atoms with Gasteiger partial charge in [-0.3, -0.25) is 14.4 Å². The summed E-state index contributed by atoms with van der Waals surface area (Å²) in [5.41, 5.74) is 2.81. The summed E-state index contributed by atoms with van der Waals surface area (Å²) in [6, 6.07) is 6.31. The summed E-state index contributed by atoms with van der Waals surface area (Å²) < 4.78 is 30.3. The molecule has 196 valence electrons. The number of aliphatic carboxylic acids is 1. The Morgan fingerprint density at radius 2 is 1.95 bits per heavy atom. The number of carboxylic acids is 1. The molecular formula is C26H27ClF2N4O4. The van der Waals surface area contributed by atoms with Crippen LogP contribution in [0.15, 0.2) is 30.5 Å². The number of aromatic nitrogens is 2. The SMILES string of the molecule is O=C(O)CC1CCN(OCC(=O)N2CCc3c(n(Cc4ccc(F)c(Cl)c4F)c4ncccc34)C2)CC1. The summed E-state index contributed by atoms with van der Waals surface area (Å²) in [6.07, 6.45) is 3.85. The molecule has 2 aromatic heterocycles. The van der Waals surface area contributed by atoms with Crippen molar-refractivity contribution in [2.75, 3.05) is 26.2 Å². The minimum absolute atomic E-state index is 0.0957. The third kappa shape index (κ3) is 5.32. The third-order valence-corrected chi connectivity index (χ3v) is 7.56. The fourth-order valence-electron chi connectivity index (χ4n) is 5.23. The van der Waals surface area contributed by atoms with E-state index >= 15 is 0 Å². The second-order valence-corrected chi connectivity index (χ2v) is 9.91. The molecule has 0 radical (unpaired) electrons. The van der Waals surface area contributed by atoms with E-state index in [1.54, 1.807) is 16.2 Å². The Bertz CT molecular complexity index is 1340. The standard InChI is InChI=1S/C26H27ClF2N4O4/c27-24-20(28)4-3-17(25(24)29)13-33-21-14-31(9-7-18(21)19-2-1-8-30-26(19)33)22(34)15-37-32-10-5-16(6-11-32)12-23(35)36/h1-4,8,16H,5-7,9-15H2,(H,35,36). The van der Waals surface area contributed by atoms with Crippen LogP contribution in [0.5, 0.6) is 0 Å². The number of halogens is 3. The van der Waals surface area contributed by atoms with Gasteiger partial charge in [-0.15, -0.1) is 0 Å². The van der Waals surface area contributed by atoms with Gasteiger partial charge >= 0.3 is 5.97 Å². The van der Waals surface area contributed by atoms with Gasteiger partial charge in [-0.25, -0.2) is 13.8 Å². The lowest BCUT2D eigenvalue weighted by Crippen LogP contribution is -2.42. The maximum absolute atomic E-state index is 14.7. The van der Waals surface area contributed by atoms with Crippen LogP contribution in [0.25, 0.3) is 11.0 Å². The molecule has 1 amide bonds. The van der Waals surface area contributed by atoms with E-state index in [9.17, 15) is 18.4 Å². The van der Waals surface area contributed by atoms with Gasteiger partial charge < -0.3 is 14.6 Å². The highest BCUT2D eigenvalue weighted by molar-refractivity contribution is 6.30. The van der Waals surface area contributed by atoms with Crippen LogP contribution in [0.2, 0.25) is 5.02 Å². The first-order valence-electron chi connectivity index (χ1n) is 12.3. The second-order valence-electron chi connectivity index (χ2n) is 9.53. The molecule has 11 heteroatoms. The molecule has 37 heavy (non-hydrogen) atoms. The number of hydroxylamine groups is 2. The largest absolute Gasteiger partial charge is 0.481 e. The van der Waals surface area contributed by atoms with Crippen LogP contribution in [-0.2, 0) is 33.9 Å². The summed E-state index contributed by atoms with van der Waals surface area (Å²) in [5, 5.41) is 11.1. The number of piperidine rings is 1. The Kier molecular flexibility index (Phi) is 7.41. The Hall–Kier alpha value is -3.08. The van der Waals surface area contributed by atoms with Gasteiger partial charge in [-0.05, 0) is 48.9 Å². The van der Waals surface area contributed by atoms with Crippen molar-refractivity contribution in [1.82, 2.24) is 19.5 Å². The van der Waals surface area contributed by atoms with Crippen molar-refractivity contribution in [3.63, 3.8) is 0 Å². The number of hydrogen-bond donors (Lipinski definition) is 1. The van der Waals surface area contributed by atoms with Crippen molar-refractivity contribution in [1.29, 1.82) is 0 Å². The fourth-order valence-corrected chi connectivity index (χ4v) is 5.41. The maximum Gasteiger partial charge on any atom is 0.303 e. The number of benzene rings is 1. The second kappa shape index (κ2) is 10.7. The van der Waals surface area contributed by atoms with Gasteiger partial charge in [0, 0.05) is 48.9 Å². The van der Waals surface area contributed by atoms with E-state index in [1.807, 2.05) is 16.7 Å². The fraction of sp³-hybridized carbons (Fsp3) is 0.423. The molecule has 3 aromatic rings. The highest BCUT2D eigenvalue weighted by Crippen LogP contribution is 2.32. The zero-order valence-electron chi connectivity index (χ0n) is 20.1. The summed E-state index contributed by atoms with van der Waals surface area (Å²) in [5.74, 6) is -2.46. The maximum atomic E-state index is 14.7. The molecular weight excluding hydrogens is 506 g/mol. The van der Waals surface area contributed by atoms with E-state index in [0.29, 0.717) is 51.1 Å². The van der Waals surface area contributed by atoms with Gasteiger partial charge in [0.1, 0.15) is 28.9 Å². The van der Waals surface area contributed by atoms with Crippen molar-refractivity contribution in [3.05, 3.63) is 63.9 Å². The van der Waals surface area contributed by atoms with Crippen LogP contribution >= 0.6 is 11.6 Å². The molecule has 1 aromatic carbocycles.